The molecule has 2 aromatic carbocycles. The standard InChI is InChI=1S/C23H30NO4P/c1-18(24-27-15-5-8-19-6-3-2-4-7-19)21-11-13-22(14-12-21)23-10-9-20(16-23)17-28-29(25)26/h2-4,6-7,11-14,20,23,25-26H,5,8-10,15-17H2,1H3/b24-18+/t20?,23-/m0/s1. The first kappa shape index (κ1) is 21.9. The molecular formula is C23H30NO4P. The smallest absolute Gasteiger partial charge is 0.327 e. The summed E-state index contributed by atoms with van der Waals surface area (Å²) in [5.74, 6) is 0.907. The van der Waals surface area contributed by atoms with Gasteiger partial charge in [-0.3, -0.25) is 0 Å². The van der Waals surface area contributed by atoms with Crippen LogP contribution in [0.15, 0.2) is 59.8 Å². The van der Waals surface area contributed by atoms with Crippen LogP contribution in [0.25, 0.3) is 0 Å². The van der Waals surface area contributed by atoms with Crippen LogP contribution in [0.2, 0.25) is 0 Å². The summed E-state index contributed by atoms with van der Waals surface area (Å²) >= 11 is 0. The normalized spacial score (nSPS) is 19.7. The van der Waals surface area contributed by atoms with Gasteiger partial charge in [0.25, 0.3) is 0 Å². The molecule has 1 aliphatic carbocycles. The van der Waals surface area contributed by atoms with E-state index >= 15 is 0 Å². The van der Waals surface area contributed by atoms with Crippen molar-refractivity contribution in [3.63, 3.8) is 0 Å². The molecule has 0 radical (unpaired) electrons. The SMILES string of the molecule is C/C(=N\OCCCc1ccccc1)c1ccc([C@H]2CCC(COP(O)O)C2)cc1. The third-order valence-electron chi connectivity index (χ3n) is 5.51. The third kappa shape index (κ3) is 7.20. The summed E-state index contributed by atoms with van der Waals surface area (Å²) in [6, 6.07) is 19.0. The topological polar surface area (TPSA) is 71.3 Å². The zero-order valence-electron chi connectivity index (χ0n) is 16.9. The lowest BCUT2D eigenvalue weighted by Gasteiger charge is -2.13. The molecule has 0 heterocycles. The van der Waals surface area contributed by atoms with Gasteiger partial charge < -0.3 is 19.1 Å². The molecule has 0 bridgehead atoms. The minimum atomic E-state index is -2.24. The van der Waals surface area contributed by atoms with Gasteiger partial charge in [-0.2, -0.15) is 0 Å². The van der Waals surface area contributed by atoms with Crippen molar-refractivity contribution >= 4 is 14.3 Å². The molecule has 0 saturated heterocycles. The van der Waals surface area contributed by atoms with Gasteiger partial charge in [0.05, 0.1) is 12.3 Å². The molecular weight excluding hydrogens is 385 g/mol. The van der Waals surface area contributed by atoms with E-state index in [0.29, 0.717) is 25.0 Å². The van der Waals surface area contributed by atoms with Gasteiger partial charge in [-0.1, -0.05) is 59.8 Å². The summed E-state index contributed by atoms with van der Waals surface area (Å²) in [6.45, 7) is 3.01. The fourth-order valence-corrected chi connectivity index (χ4v) is 4.22. The first-order valence-corrected chi connectivity index (χ1v) is 11.4. The maximum absolute atomic E-state index is 8.90. The highest BCUT2D eigenvalue weighted by Gasteiger charge is 2.26. The Morgan fingerprint density at radius 3 is 2.55 bits per heavy atom. The molecule has 1 saturated carbocycles. The van der Waals surface area contributed by atoms with Gasteiger partial charge in [-0.15, -0.1) is 0 Å². The monoisotopic (exact) mass is 415 g/mol. The summed E-state index contributed by atoms with van der Waals surface area (Å²) in [5.41, 5.74) is 4.60. The molecule has 156 valence electrons. The van der Waals surface area contributed by atoms with Gasteiger partial charge in [-0.25, -0.2) is 0 Å². The molecule has 1 unspecified atom stereocenters. The maximum Gasteiger partial charge on any atom is 0.327 e. The van der Waals surface area contributed by atoms with Crippen molar-refractivity contribution < 1.29 is 19.1 Å². The molecule has 5 nitrogen and oxygen atoms in total. The third-order valence-corrected chi connectivity index (χ3v) is 5.89. The van der Waals surface area contributed by atoms with E-state index in [4.69, 9.17) is 19.1 Å². The minimum Gasteiger partial charge on any atom is -0.396 e. The van der Waals surface area contributed by atoms with Crippen molar-refractivity contribution in [2.24, 2.45) is 11.1 Å². The number of hydrogen-bond acceptors (Lipinski definition) is 5. The summed E-state index contributed by atoms with van der Waals surface area (Å²) in [5, 5.41) is 4.26. The second-order valence-electron chi connectivity index (χ2n) is 7.65. The van der Waals surface area contributed by atoms with Gasteiger partial charge in [0.15, 0.2) is 0 Å². The predicted molar refractivity (Wildman–Crippen MR) is 117 cm³/mol. The molecule has 1 fully saturated rings. The van der Waals surface area contributed by atoms with Gasteiger partial charge >= 0.3 is 8.60 Å². The molecule has 0 amide bonds. The Morgan fingerprint density at radius 2 is 1.83 bits per heavy atom. The van der Waals surface area contributed by atoms with E-state index in [-0.39, 0.29) is 0 Å². The van der Waals surface area contributed by atoms with Crippen molar-refractivity contribution in [2.75, 3.05) is 13.2 Å². The number of oxime groups is 1. The largest absolute Gasteiger partial charge is 0.396 e. The van der Waals surface area contributed by atoms with E-state index in [1.807, 2.05) is 13.0 Å². The number of aryl methyl sites for hydroxylation is 1. The minimum absolute atomic E-state index is 0.400. The van der Waals surface area contributed by atoms with Crippen molar-refractivity contribution in [1.29, 1.82) is 0 Å². The average Bonchev–Trinajstić information content (AvgIpc) is 3.22. The van der Waals surface area contributed by atoms with Crippen LogP contribution in [-0.2, 0) is 15.8 Å². The van der Waals surface area contributed by atoms with Crippen LogP contribution in [0.3, 0.4) is 0 Å². The van der Waals surface area contributed by atoms with E-state index in [2.05, 4.69) is 53.7 Å². The molecule has 0 aromatic heterocycles. The number of hydrogen-bond donors (Lipinski definition) is 2. The highest BCUT2D eigenvalue weighted by molar-refractivity contribution is 7.39. The summed E-state index contributed by atoms with van der Waals surface area (Å²) < 4.78 is 4.99. The molecule has 0 spiro atoms. The lowest BCUT2D eigenvalue weighted by Crippen LogP contribution is -2.04. The molecule has 29 heavy (non-hydrogen) atoms. The van der Waals surface area contributed by atoms with Crippen molar-refractivity contribution in [2.45, 2.75) is 44.9 Å². The Hall–Kier alpha value is -1.78. The number of rotatable bonds is 10. The Labute approximate surface area is 174 Å². The van der Waals surface area contributed by atoms with Crippen molar-refractivity contribution in [3.05, 3.63) is 71.3 Å². The molecule has 2 N–H and O–H groups in total. The van der Waals surface area contributed by atoms with Crippen LogP contribution in [0.1, 0.15) is 55.2 Å². The van der Waals surface area contributed by atoms with Crippen molar-refractivity contribution in [1.82, 2.24) is 0 Å². The molecule has 1 aliphatic rings. The van der Waals surface area contributed by atoms with Crippen molar-refractivity contribution in [3.8, 4) is 0 Å². The fraction of sp³-hybridized carbons (Fsp3) is 0.435. The first-order chi connectivity index (χ1) is 14.1. The Morgan fingerprint density at radius 1 is 1.07 bits per heavy atom. The lowest BCUT2D eigenvalue weighted by atomic mass is 9.95. The van der Waals surface area contributed by atoms with Crippen LogP contribution in [0, 0.1) is 5.92 Å². The van der Waals surface area contributed by atoms with Gasteiger partial charge in [0.1, 0.15) is 6.61 Å². The van der Waals surface area contributed by atoms with E-state index in [1.54, 1.807) is 0 Å². The average molecular weight is 415 g/mol. The Bertz CT molecular complexity index is 764. The van der Waals surface area contributed by atoms with Crippen LogP contribution in [0.4, 0.5) is 0 Å². The summed E-state index contributed by atoms with van der Waals surface area (Å²) in [4.78, 5) is 23.3. The quantitative estimate of drug-likeness (QED) is 0.243. The maximum atomic E-state index is 8.90. The molecule has 2 atom stereocenters. The van der Waals surface area contributed by atoms with E-state index in [0.717, 1.165) is 43.4 Å². The number of nitrogens with zero attached hydrogens (tertiary/aromatic N) is 1. The highest BCUT2D eigenvalue weighted by Crippen LogP contribution is 2.40. The van der Waals surface area contributed by atoms with E-state index in [1.165, 1.54) is 11.1 Å². The zero-order chi connectivity index (χ0) is 20.5. The highest BCUT2D eigenvalue weighted by atomic mass is 31.2. The van der Waals surface area contributed by atoms with Crippen LogP contribution in [0.5, 0.6) is 0 Å². The fourth-order valence-electron chi connectivity index (χ4n) is 3.88. The van der Waals surface area contributed by atoms with Gasteiger partial charge in [0, 0.05) is 0 Å². The Balaban J connectivity index is 1.42. The molecule has 3 rings (SSSR count). The van der Waals surface area contributed by atoms with Gasteiger partial charge in [-0.05, 0) is 67.6 Å². The number of benzene rings is 2. The van der Waals surface area contributed by atoms with E-state index < -0.39 is 8.60 Å². The Kier molecular flexibility index (Phi) is 8.63. The first-order valence-electron chi connectivity index (χ1n) is 10.2. The lowest BCUT2D eigenvalue weighted by molar-refractivity contribution is 0.142. The summed E-state index contributed by atoms with van der Waals surface area (Å²) in [6.07, 6.45) is 5.14. The molecule has 0 aliphatic heterocycles. The van der Waals surface area contributed by atoms with E-state index in [9.17, 15) is 0 Å². The molecule has 6 heteroatoms. The summed E-state index contributed by atoms with van der Waals surface area (Å²) in [7, 11) is -2.24. The van der Waals surface area contributed by atoms with Gasteiger partial charge in [0.2, 0.25) is 0 Å². The van der Waals surface area contributed by atoms with Crippen LogP contribution >= 0.6 is 8.60 Å². The molecule has 2 aromatic rings. The van der Waals surface area contributed by atoms with Crippen LogP contribution in [-0.4, -0.2) is 28.7 Å². The second-order valence-corrected chi connectivity index (χ2v) is 8.41. The zero-order valence-corrected chi connectivity index (χ0v) is 17.8. The predicted octanol–water partition coefficient (Wildman–Crippen LogP) is 5.17. The second kappa shape index (κ2) is 11.4. The van der Waals surface area contributed by atoms with Crippen LogP contribution < -0.4 is 0 Å².